The number of amides is 1. The van der Waals surface area contributed by atoms with Crippen molar-refractivity contribution < 1.29 is 9.53 Å². The molecule has 0 atom stereocenters. The minimum atomic E-state index is -0.262. The fourth-order valence-corrected chi connectivity index (χ4v) is 1.13. The third-order valence-corrected chi connectivity index (χ3v) is 2.32. The van der Waals surface area contributed by atoms with E-state index in [2.05, 4.69) is 20.8 Å². The topological polar surface area (TPSA) is 52.3 Å². The Bertz CT molecular complexity index is 204. The van der Waals surface area contributed by atoms with Gasteiger partial charge in [-0.15, -0.1) is 0 Å². The van der Waals surface area contributed by atoms with E-state index in [1.165, 1.54) is 0 Å². The summed E-state index contributed by atoms with van der Waals surface area (Å²) in [7, 11) is 0. The summed E-state index contributed by atoms with van der Waals surface area (Å²) in [5.74, 6) is -0.262. The first-order valence-electron chi connectivity index (χ1n) is 5.55. The van der Waals surface area contributed by atoms with Gasteiger partial charge in [0.05, 0.1) is 5.60 Å². The van der Waals surface area contributed by atoms with E-state index in [1.807, 2.05) is 13.8 Å². The largest absolute Gasteiger partial charge is 0.376 e. The number of carbonyl (C=O) groups excluding carboxylic acids is 1. The molecule has 0 rings (SSSR count). The van der Waals surface area contributed by atoms with E-state index >= 15 is 0 Å². The Morgan fingerprint density at radius 1 is 1.13 bits per heavy atom. The first-order valence-corrected chi connectivity index (χ1v) is 5.55. The highest BCUT2D eigenvalue weighted by molar-refractivity contribution is 5.73. The Morgan fingerprint density at radius 2 is 1.67 bits per heavy atom. The van der Waals surface area contributed by atoms with Crippen LogP contribution in [0.25, 0.3) is 0 Å². The van der Waals surface area contributed by atoms with E-state index in [9.17, 15) is 4.79 Å². The lowest BCUT2D eigenvalue weighted by atomic mass is 9.93. The van der Waals surface area contributed by atoms with Crippen LogP contribution in [0, 0.1) is 5.41 Å². The minimum absolute atomic E-state index is 0.250. The van der Waals surface area contributed by atoms with Crippen molar-refractivity contribution in [2.24, 2.45) is 11.1 Å². The molecule has 0 saturated carbocycles. The zero-order chi connectivity index (χ0) is 12.1. The van der Waals surface area contributed by atoms with E-state index in [0.717, 1.165) is 13.0 Å². The monoisotopic (exact) mass is 215 g/mol. The van der Waals surface area contributed by atoms with Gasteiger partial charge in [-0.1, -0.05) is 20.8 Å². The number of rotatable bonds is 6. The van der Waals surface area contributed by atoms with E-state index in [4.69, 9.17) is 10.5 Å². The molecular formula is C12H25NO2. The Labute approximate surface area is 93.4 Å². The summed E-state index contributed by atoms with van der Waals surface area (Å²) < 4.78 is 5.75. The van der Waals surface area contributed by atoms with Gasteiger partial charge in [0.25, 0.3) is 0 Å². The summed E-state index contributed by atoms with van der Waals surface area (Å²) in [4.78, 5) is 10.6. The highest BCUT2D eigenvalue weighted by atomic mass is 16.5. The predicted octanol–water partition coefficient (Wildman–Crippen LogP) is 2.48. The molecule has 0 aliphatic carbocycles. The normalized spacial score (nSPS) is 12.9. The van der Waals surface area contributed by atoms with Crippen molar-refractivity contribution in [3.8, 4) is 0 Å². The Balaban J connectivity index is 3.78. The van der Waals surface area contributed by atoms with Gasteiger partial charge in [0.15, 0.2) is 0 Å². The molecule has 0 unspecified atom stereocenters. The van der Waals surface area contributed by atoms with Crippen LogP contribution in [0.5, 0.6) is 0 Å². The molecule has 0 saturated heterocycles. The van der Waals surface area contributed by atoms with Crippen molar-refractivity contribution >= 4 is 5.91 Å². The molecule has 0 aromatic carbocycles. The van der Waals surface area contributed by atoms with E-state index in [0.29, 0.717) is 18.3 Å². The molecule has 90 valence electrons. The maximum absolute atomic E-state index is 10.6. The SMILES string of the molecule is CC(C)(C)CCOC(C)(C)CCC(N)=O. The highest BCUT2D eigenvalue weighted by Crippen LogP contribution is 2.22. The van der Waals surface area contributed by atoms with Gasteiger partial charge < -0.3 is 10.5 Å². The lowest BCUT2D eigenvalue weighted by Crippen LogP contribution is -2.28. The Morgan fingerprint density at radius 3 is 2.07 bits per heavy atom. The van der Waals surface area contributed by atoms with Crippen molar-refractivity contribution in [2.45, 2.75) is 59.5 Å². The van der Waals surface area contributed by atoms with E-state index < -0.39 is 0 Å². The molecule has 3 heteroatoms. The molecule has 0 aromatic heterocycles. The van der Waals surface area contributed by atoms with Crippen LogP contribution in [-0.2, 0) is 9.53 Å². The number of carbonyl (C=O) groups is 1. The summed E-state index contributed by atoms with van der Waals surface area (Å²) in [6.45, 7) is 11.3. The maximum atomic E-state index is 10.6. The first-order chi connectivity index (χ1) is 6.62. The first kappa shape index (κ1) is 14.4. The van der Waals surface area contributed by atoms with Gasteiger partial charge in [-0.25, -0.2) is 0 Å². The molecule has 0 aromatic rings. The molecule has 0 radical (unpaired) electrons. The molecule has 0 aliphatic heterocycles. The van der Waals surface area contributed by atoms with Crippen molar-refractivity contribution in [1.29, 1.82) is 0 Å². The third kappa shape index (κ3) is 9.73. The Kier molecular flexibility index (Phi) is 5.29. The molecule has 2 N–H and O–H groups in total. The van der Waals surface area contributed by atoms with Crippen LogP contribution < -0.4 is 5.73 Å². The fraction of sp³-hybridized carbons (Fsp3) is 0.917. The van der Waals surface area contributed by atoms with Crippen molar-refractivity contribution in [3.63, 3.8) is 0 Å². The number of hydrogen-bond donors (Lipinski definition) is 1. The smallest absolute Gasteiger partial charge is 0.217 e. The van der Waals surface area contributed by atoms with Crippen molar-refractivity contribution in [2.75, 3.05) is 6.61 Å². The average molecular weight is 215 g/mol. The summed E-state index contributed by atoms with van der Waals surface area (Å²) >= 11 is 0. The second-order valence-electron chi connectivity index (χ2n) is 5.89. The van der Waals surface area contributed by atoms with Crippen LogP contribution >= 0.6 is 0 Å². The fourth-order valence-electron chi connectivity index (χ4n) is 1.13. The van der Waals surface area contributed by atoms with Gasteiger partial charge in [-0.05, 0) is 32.1 Å². The number of nitrogens with two attached hydrogens (primary N) is 1. The van der Waals surface area contributed by atoms with Crippen LogP contribution in [0.2, 0.25) is 0 Å². The third-order valence-electron chi connectivity index (χ3n) is 2.32. The number of primary amides is 1. The minimum Gasteiger partial charge on any atom is -0.376 e. The van der Waals surface area contributed by atoms with Crippen LogP contribution in [0.4, 0.5) is 0 Å². The lowest BCUT2D eigenvalue weighted by molar-refractivity contribution is -0.120. The van der Waals surface area contributed by atoms with Gasteiger partial charge in [-0.3, -0.25) is 4.79 Å². The van der Waals surface area contributed by atoms with Gasteiger partial charge in [0.2, 0.25) is 5.91 Å². The molecule has 0 bridgehead atoms. The molecule has 3 nitrogen and oxygen atoms in total. The maximum Gasteiger partial charge on any atom is 0.217 e. The molecule has 1 amide bonds. The average Bonchev–Trinajstić information content (AvgIpc) is 1.98. The summed E-state index contributed by atoms with van der Waals surface area (Å²) in [6, 6.07) is 0. The van der Waals surface area contributed by atoms with Crippen LogP contribution in [0.1, 0.15) is 53.9 Å². The van der Waals surface area contributed by atoms with Gasteiger partial charge >= 0.3 is 0 Å². The summed E-state index contributed by atoms with van der Waals surface area (Å²) in [5.41, 5.74) is 5.14. The number of hydrogen-bond acceptors (Lipinski definition) is 2. The second kappa shape index (κ2) is 5.50. The summed E-state index contributed by atoms with van der Waals surface area (Å²) in [6.07, 6.45) is 2.10. The highest BCUT2D eigenvalue weighted by Gasteiger charge is 2.20. The zero-order valence-corrected chi connectivity index (χ0v) is 10.7. The van der Waals surface area contributed by atoms with Crippen LogP contribution in [0.3, 0.4) is 0 Å². The van der Waals surface area contributed by atoms with E-state index in [1.54, 1.807) is 0 Å². The van der Waals surface area contributed by atoms with Gasteiger partial charge in [0.1, 0.15) is 0 Å². The van der Waals surface area contributed by atoms with Crippen LogP contribution in [0.15, 0.2) is 0 Å². The van der Waals surface area contributed by atoms with Crippen molar-refractivity contribution in [1.82, 2.24) is 0 Å². The lowest BCUT2D eigenvalue weighted by Gasteiger charge is -2.27. The van der Waals surface area contributed by atoms with Crippen molar-refractivity contribution in [3.05, 3.63) is 0 Å². The van der Waals surface area contributed by atoms with E-state index in [-0.39, 0.29) is 11.5 Å². The molecule has 0 aliphatic rings. The predicted molar refractivity (Wildman–Crippen MR) is 62.5 cm³/mol. The van der Waals surface area contributed by atoms with Crippen LogP contribution in [-0.4, -0.2) is 18.1 Å². The molecular weight excluding hydrogens is 190 g/mol. The molecule has 0 heterocycles. The van der Waals surface area contributed by atoms with Gasteiger partial charge in [0, 0.05) is 13.0 Å². The molecule has 0 spiro atoms. The second-order valence-corrected chi connectivity index (χ2v) is 5.89. The molecule has 0 fully saturated rings. The standard InChI is InChI=1S/C12H25NO2/c1-11(2,3)8-9-15-12(4,5)7-6-10(13)14/h6-9H2,1-5H3,(H2,13,14). The number of ether oxygens (including phenoxy) is 1. The zero-order valence-electron chi connectivity index (χ0n) is 10.7. The summed E-state index contributed by atoms with van der Waals surface area (Å²) in [5, 5.41) is 0. The molecule has 15 heavy (non-hydrogen) atoms. The quantitative estimate of drug-likeness (QED) is 0.740. The Hall–Kier alpha value is -0.570. The van der Waals surface area contributed by atoms with Gasteiger partial charge in [-0.2, -0.15) is 0 Å².